The Labute approximate surface area is 282 Å². The van der Waals surface area contributed by atoms with Gasteiger partial charge in [-0.25, -0.2) is 13.4 Å². The number of anilines is 1. The summed E-state index contributed by atoms with van der Waals surface area (Å²) in [5.41, 5.74) is 3.30. The van der Waals surface area contributed by atoms with Crippen LogP contribution < -0.4 is 14.8 Å². The Morgan fingerprint density at radius 3 is 2.51 bits per heavy atom. The topological polar surface area (TPSA) is 149 Å². The molecule has 0 spiro atoms. The van der Waals surface area contributed by atoms with Gasteiger partial charge in [0.15, 0.2) is 16.4 Å². The molecule has 0 saturated carbocycles. The minimum Gasteiger partial charge on any atom is -0.486 e. The number of nitrogens with one attached hydrogen (secondary N) is 2. The van der Waals surface area contributed by atoms with Crippen molar-refractivity contribution in [3.05, 3.63) is 110 Å². The maximum absolute atomic E-state index is 13.4. The van der Waals surface area contributed by atoms with E-state index in [0.29, 0.717) is 52.0 Å². The summed E-state index contributed by atoms with van der Waals surface area (Å²) >= 11 is 7.46. The summed E-state index contributed by atoms with van der Waals surface area (Å²) in [6.45, 7) is 6.65. The molecule has 11 nitrogen and oxygen atoms in total. The van der Waals surface area contributed by atoms with Crippen LogP contribution in [0, 0.1) is 0 Å². The highest BCUT2D eigenvalue weighted by Crippen LogP contribution is 2.29. The molecule has 5 aromatic rings. The second-order valence-electron chi connectivity index (χ2n) is 11.9. The number of nitrogens with zero attached hydrogens (tertiary/aromatic N) is 4. The van der Waals surface area contributed by atoms with E-state index in [0.717, 1.165) is 16.3 Å². The molecule has 0 unspecified atom stereocenters. The van der Waals surface area contributed by atoms with Crippen molar-refractivity contribution >= 4 is 44.4 Å². The van der Waals surface area contributed by atoms with Gasteiger partial charge in [0.25, 0.3) is 5.91 Å². The van der Waals surface area contributed by atoms with E-state index >= 15 is 0 Å². The number of rotatable bonds is 14. The number of aryl methyl sites for hydroxylation is 1. The highest BCUT2D eigenvalue weighted by Gasteiger charge is 2.18. The van der Waals surface area contributed by atoms with Crippen LogP contribution in [-0.2, 0) is 40.6 Å². The third-order valence-corrected chi connectivity index (χ3v) is 9.80. The molecular weight excluding hydrogens is 660 g/mol. The van der Waals surface area contributed by atoms with Crippen LogP contribution in [0.25, 0.3) is 0 Å². The number of benzene rings is 3. The molecule has 0 fully saturated rings. The van der Waals surface area contributed by atoms with Crippen LogP contribution in [0.5, 0.6) is 11.5 Å². The van der Waals surface area contributed by atoms with Crippen LogP contribution in [0.2, 0.25) is 5.02 Å². The maximum atomic E-state index is 13.4. The number of hydrogen-bond acceptors (Lipinski definition) is 10. The van der Waals surface area contributed by atoms with Crippen molar-refractivity contribution in [2.45, 2.75) is 58.0 Å². The molecule has 14 heteroatoms. The Kier molecular flexibility index (Phi) is 10.9. The van der Waals surface area contributed by atoms with Crippen LogP contribution in [-0.4, -0.2) is 45.7 Å². The number of hydrogen-bond donors (Lipinski definition) is 2. The average Bonchev–Trinajstić information content (AvgIpc) is 3.74. The lowest BCUT2D eigenvalue weighted by atomic mass is 9.93. The summed E-state index contributed by atoms with van der Waals surface area (Å²) in [7, 11) is -3.33. The van der Waals surface area contributed by atoms with Gasteiger partial charge in [-0.05, 0) is 66.4 Å². The SMILES string of the molecule is CC(C)(C)c1csc(COc2cccc(C(=O)Nc3cc(CCCS(=O)(=O)Cc4ccc(Cl)cc4)ccc3OCc3nn[nH]n3)c2)n1. The first-order valence-corrected chi connectivity index (χ1v) is 17.9. The van der Waals surface area contributed by atoms with E-state index in [2.05, 4.69) is 51.7 Å². The van der Waals surface area contributed by atoms with Crippen molar-refractivity contribution in [3.63, 3.8) is 0 Å². The molecule has 2 heterocycles. The van der Waals surface area contributed by atoms with E-state index < -0.39 is 9.84 Å². The Balaban J connectivity index is 1.25. The lowest BCUT2D eigenvalue weighted by molar-refractivity contribution is 0.102. The number of carbonyl (C=O) groups is 1. The monoisotopic (exact) mass is 694 g/mol. The molecule has 2 N–H and O–H groups in total. The van der Waals surface area contributed by atoms with Gasteiger partial charge in [0, 0.05) is 21.4 Å². The van der Waals surface area contributed by atoms with Gasteiger partial charge in [-0.2, -0.15) is 5.21 Å². The number of ether oxygens (including phenoxy) is 2. The standard InChI is InChI=1S/C33H35ClN6O5S2/c1-33(2,3)29-20-46-31(36-29)19-44-26-8-4-7-24(17-26)32(41)35-27-16-22(11-14-28(27)45-18-30-37-39-40-38-30)6-5-15-47(42,43)21-23-9-12-25(34)13-10-23/h4,7-14,16-17,20H,5-6,15,18-19,21H2,1-3H3,(H,35,41)(H,37,38,39,40). The molecule has 0 aliphatic heterocycles. The van der Waals surface area contributed by atoms with Gasteiger partial charge in [0.1, 0.15) is 23.1 Å². The molecule has 3 aromatic carbocycles. The Morgan fingerprint density at radius 1 is 1.00 bits per heavy atom. The number of sulfone groups is 1. The molecule has 47 heavy (non-hydrogen) atoms. The molecule has 2 aromatic heterocycles. The third kappa shape index (κ3) is 10.1. The van der Waals surface area contributed by atoms with Crippen LogP contribution in [0.3, 0.4) is 0 Å². The molecule has 0 bridgehead atoms. The summed E-state index contributed by atoms with van der Waals surface area (Å²) in [5, 5.41) is 20.1. The Hall–Kier alpha value is -4.33. The minimum atomic E-state index is -3.33. The predicted molar refractivity (Wildman–Crippen MR) is 182 cm³/mol. The second-order valence-corrected chi connectivity index (χ2v) is 15.5. The zero-order chi connectivity index (χ0) is 33.4. The molecule has 0 radical (unpaired) electrons. The van der Waals surface area contributed by atoms with E-state index in [1.54, 1.807) is 60.7 Å². The highest BCUT2D eigenvalue weighted by atomic mass is 35.5. The first-order chi connectivity index (χ1) is 22.4. The van der Waals surface area contributed by atoms with E-state index in [-0.39, 0.29) is 36.0 Å². The number of amides is 1. The second kappa shape index (κ2) is 15.1. The minimum absolute atomic E-state index is 0.0126. The van der Waals surface area contributed by atoms with E-state index in [9.17, 15) is 13.2 Å². The van der Waals surface area contributed by atoms with Crippen LogP contribution in [0.1, 0.15) is 65.2 Å². The number of aromatic nitrogens is 5. The Morgan fingerprint density at radius 2 is 1.79 bits per heavy atom. The van der Waals surface area contributed by atoms with Gasteiger partial charge in [0.05, 0.1) is 22.9 Å². The molecule has 0 saturated heterocycles. The maximum Gasteiger partial charge on any atom is 0.255 e. The van der Waals surface area contributed by atoms with E-state index in [4.69, 9.17) is 21.1 Å². The normalized spacial score (nSPS) is 11.7. The Bertz CT molecular complexity index is 1910. The summed E-state index contributed by atoms with van der Waals surface area (Å²) < 4.78 is 37.4. The summed E-state index contributed by atoms with van der Waals surface area (Å²) in [6.07, 6.45) is 0.882. The number of halogens is 1. The zero-order valence-electron chi connectivity index (χ0n) is 26.2. The quantitative estimate of drug-likeness (QED) is 0.132. The average molecular weight is 695 g/mol. The number of carbonyl (C=O) groups excluding carboxylic acids is 1. The van der Waals surface area contributed by atoms with Gasteiger partial charge in [-0.15, -0.1) is 21.5 Å². The molecule has 0 aliphatic rings. The van der Waals surface area contributed by atoms with Crippen molar-refractivity contribution in [3.8, 4) is 11.5 Å². The smallest absolute Gasteiger partial charge is 0.255 e. The van der Waals surface area contributed by atoms with Crippen LogP contribution in [0.15, 0.2) is 72.1 Å². The third-order valence-electron chi connectivity index (χ3n) is 7.04. The lowest BCUT2D eigenvalue weighted by Gasteiger charge is -2.14. The molecule has 0 aliphatic carbocycles. The van der Waals surface area contributed by atoms with Crippen molar-refractivity contribution in [1.29, 1.82) is 0 Å². The fourth-order valence-electron chi connectivity index (χ4n) is 4.53. The van der Waals surface area contributed by atoms with Crippen molar-refractivity contribution < 1.29 is 22.7 Å². The van der Waals surface area contributed by atoms with Crippen molar-refractivity contribution in [2.24, 2.45) is 0 Å². The first kappa shape index (κ1) is 34.0. The number of aromatic amines is 1. The fraction of sp³-hybridized carbons (Fsp3) is 0.303. The number of thiazole rings is 1. The van der Waals surface area contributed by atoms with Gasteiger partial charge in [0.2, 0.25) is 5.82 Å². The molecule has 1 amide bonds. The molecular formula is C33H35ClN6O5S2. The predicted octanol–water partition coefficient (Wildman–Crippen LogP) is 6.57. The van der Waals surface area contributed by atoms with Gasteiger partial charge < -0.3 is 14.8 Å². The number of tetrazole rings is 1. The van der Waals surface area contributed by atoms with Crippen LogP contribution in [0.4, 0.5) is 5.69 Å². The van der Waals surface area contributed by atoms with Gasteiger partial charge in [-0.3, -0.25) is 4.79 Å². The largest absolute Gasteiger partial charge is 0.486 e. The summed E-state index contributed by atoms with van der Waals surface area (Å²) in [4.78, 5) is 18.1. The van der Waals surface area contributed by atoms with Crippen LogP contribution >= 0.6 is 22.9 Å². The molecule has 246 valence electrons. The summed E-state index contributed by atoms with van der Waals surface area (Å²) in [5.74, 6) is 0.863. The highest BCUT2D eigenvalue weighted by molar-refractivity contribution is 7.90. The van der Waals surface area contributed by atoms with Crippen molar-refractivity contribution in [1.82, 2.24) is 25.6 Å². The molecule has 0 atom stereocenters. The van der Waals surface area contributed by atoms with Gasteiger partial charge in [-0.1, -0.05) is 61.9 Å². The van der Waals surface area contributed by atoms with E-state index in [1.165, 1.54) is 11.3 Å². The lowest BCUT2D eigenvalue weighted by Crippen LogP contribution is -2.14. The van der Waals surface area contributed by atoms with E-state index in [1.807, 2.05) is 11.4 Å². The summed E-state index contributed by atoms with van der Waals surface area (Å²) in [6, 6.07) is 19.0. The number of H-pyrrole nitrogens is 1. The zero-order valence-corrected chi connectivity index (χ0v) is 28.6. The first-order valence-electron chi connectivity index (χ1n) is 14.9. The fourth-order valence-corrected chi connectivity index (χ4v) is 7.02. The molecule has 5 rings (SSSR count). The van der Waals surface area contributed by atoms with Gasteiger partial charge >= 0.3 is 0 Å². The van der Waals surface area contributed by atoms with Crippen molar-refractivity contribution in [2.75, 3.05) is 11.1 Å².